The molecule has 0 saturated heterocycles. The van der Waals surface area contributed by atoms with Gasteiger partial charge in [0.2, 0.25) is 0 Å². The first-order valence-electron chi connectivity index (χ1n) is 3.98. The van der Waals surface area contributed by atoms with Gasteiger partial charge in [0.1, 0.15) is 0 Å². The Morgan fingerprint density at radius 3 is 2.54 bits per heavy atom. The van der Waals surface area contributed by atoms with E-state index in [1.807, 2.05) is 0 Å². The van der Waals surface area contributed by atoms with Gasteiger partial charge in [0.15, 0.2) is 5.72 Å². The molecule has 0 aromatic rings. The SMILES string of the molecule is C=CCOC1(OC)N=NC(C)(C)O1. The summed E-state index contributed by atoms with van der Waals surface area (Å²) in [4.78, 5) is 0. The van der Waals surface area contributed by atoms with Crippen molar-refractivity contribution in [1.82, 2.24) is 0 Å². The highest BCUT2D eigenvalue weighted by Gasteiger charge is 2.45. The molecule has 0 radical (unpaired) electrons. The summed E-state index contributed by atoms with van der Waals surface area (Å²) in [7, 11) is 1.45. The van der Waals surface area contributed by atoms with Crippen molar-refractivity contribution >= 4 is 0 Å². The van der Waals surface area contributed by atoms with Gasteiger partial charge in [-0.1, -0.05) is 11.2 Å². The lowest BCUT2D eigenvalue weighted by Gasteiger charge is -2.24. The van der Waals surface area contributed by atoms with Crippen LogP contribution in [0, 0.1) is 0 Å². The molecule has 1 aliphatic rings. The van der Waals surface area contributed by atoms with Crippen molar-refractivity contribution in [3.63, 3.8) is 0 Å². The molecule has 0 aromatic carbocycles. The number of ether oxygens (including phenoxy) is 3. The molecule has 1 unspecified atom stereocenters. The van der Waals surface area contributed by atoms with Gasteiger partial charge in [-0.05, 0) is 13.8 Å². The molecule has 0 N–H and O–H groups in total. The van der Waals surface area contributed by atoms with Gasteiger partial charge in [-0.25, -0.2) is 0 Å². The van der Waals surface area contributed by atoms with Crippen LogP contribution in [-0.2, 0) is 14.2 Å². The molecule has 5 nitrogen and oxygen atoms in total. The molecule has 0 amide bonds. The molecule has 1 rings (SSSR count). The first-order valence-corrected chi connectivity index (χ1v) is 3.98. The molecule has 0 spiro atoms. The summed E-state index contributed by atoms with van der Waals surface area (Å²) in [6.45, 7) is 7.35. The van der Waals surface area contributed by atoms with E-state index < -0.39 is 11.8 Å². The minimum Gasteiger partial charge on any atom is -0.310 e. The fourth-order valence-electron chi connectivity index (χ4n) is 0.902. The number of hydrogen-bond donors (Lipinski definition) is 0. The third-order valence-electron chi connectivity index (χ3n) is 1.43. The lowest BCUT2D eigenvalue weighted by Crippen LogP contribution is -2.37. The second kappa shape index (κ2) is 3.53. The van der Waals surface area contributed by atoms with Gasteiger partial charge in [0, 0.05) is 7.11 Å². The van der Waals surface area contributed by atoms with Crippen LogP contribution < -0.4 is 0 Å². The molecule has 0 fully saturated rings. The molecule has 1 atom stereocenters. The maximum atomic E-state index is 5.36. The zero-order chi connectivity index (χ0) is 9.95. The second-order valence-electron chi connectivity index (χ2n) is 3.08. The summed E-state index contributed by atoms with van der Waals surface area (Å²) < 4.78 is 15.5. The summed E-state index contributed by atoms with van der Waals surface area (Å²) in [5.41, 5.74) is -0.697. The second-order valence-corrected chi connectivity index (χ2v) is 3.08. The van der Waals surface area contributed by atoms with E-state index in [1.165, 1.54) is 7.11 Å². The van der Waals surface area contributed by atoms with Crippen LogP contribution in [0.25, 0.3) is 0 Å². The van der Waals surface area contributed by atoms with Crippen LogP contribution in [0.3, 0.4) is 0 Å². The topological polar surface area (TPSA) is 52.4 Å². The van der Waals surface area contributed by atoms with Crippen LogP contribution in [0.15, 0.2) is 22.9 Å². The monoisotopic (exact) mass is 186 g/mol. The minimum atomic E-state index is -1.39. The molecule has 0 aliphatic carbocycles. The van der Waals surface area contributed by atoms with E-state index in [0.29, 0.717) is 6.61 Å². The zero-order valence-electron chi connectivity index (χ0n) is 8.11. The molecule has 13 heavy (non-hydrogen) atoms. The highest BCUT2D eigenvalue weighted by atomic mass is 16.9. The molecule has 1 heterocycles. The maximum Gasteiger partial charge on any atom is 0.415 e. The quantitative estimate of drug-likeness (QED) is 0.495. The Morgan fingerprint density at radius 1 is 1.46 bits per heavy atom. The van der Waals surface area contributed by atoms with Crippen molar-refractivity contribution in [2.24, 2.45) is 10.2 Å². The van der Waals surface area contributed by atoms with E-state index >= 15 is 0 Å². The van der Waals surface area contributed by atoms with Gasteiger partial charge in [-0.2, -0.15) is 5.11 Å². The highest BCUT2D eigenvalue weighted by molar-refractivity contribution is 4.74. The molecule has 0 bridgehead atoms. The molecule has 1 aliphatic heterocycles. The molecule has 0 saturated carbocycles. The number of hydrogen-bond acceptors (Lipinski definition) is 5. The fraction of sp³-hybridized carbons (Fsp3) is 0.750. The van der Waals surface area contributed by atoms with E-state index in [9.17, 15) is 0 Å². The predicted molar refractivity (Wildman–Crippen MR) is 45.9 cm³/mol. The normalized spacial score (nSPS) is 30.7. The third-order valence-corrected chi connectivity index (χ3v) is 1.43. The first kappa shape index (κ1) is 10.3. The van der Waals surface area contributed by atoms with Crippen LogP contribution in [-0.4, -0.2) is 25.5 Å². The van der Waals surface area contributed by atoms with Gasteiger partial charge in [0.05, 0.1) is 6.61 Å². The van der Waals surface area contributed by atoms with Gasteiger partial charge < -0.3 is 9.47 Å². The summed E-state index contributed by atoms with van der Waals surface area (Å²) in [5, 5.41) is 7.65. The Bertz CT molecular complexity index is 227. The fourth-order valence-corrected chi connectivity index (χ4v) is 0.902. The van der Waals surface area contributed by atoms with Crippen LogP contribution in [0.4, 0.5) is 0 Å². The largest absolute Gasteiger partial charge is 0.415 e. The highest BCUT2D eigenvalue weighted by Crippen LogP contribution is 2.32. The number of nitrogens with zero attached hydrogens (tertiary/aromatic N) is 2. The Hall–Kier alpha value is -0.780. The summed E-state index contributed by atoms with van der Waals surface area (Å²) in [6, 6.07) is 0. The average Bonchev–Trinajstić information content (AvgIpc) is 2.40. The Morgan fingerprint density at radius 2 is 2.15 bits per heavy atom. The van der Waals surface area contributed by atoms with E-state index in [4.69, 9.17) is 14.2 Å². The van der Waals surface area contributed by atoms with Crippen LogP contribution >= 0.6 is 0 Å². The van der Waals surface area contributed by atoms with E-state index in [2.05, 4.69) is 16.8 Å². The number of rotatable bonds is 4. The van der Waals surface area contributed by atoms with E-state index in [-0.39, 0.29) is 0 Å². The van der Waals surface area contributed by atoms with Crippen LogP contribution in [0.1, 0.15) is 13.8 Å². The van der Waals surface area contributed by atoms with Crippen LogP contribution in [0.5, 0.6) is 0 Å². The van der Waals surface area contributed by atoms with Crippen LogP contribution in [0.2, 0.25) is 0 Å². The maximum absolute atomic E-state index is 5.36. The van der Waals surface area contributed by atoms with Gasteiger partial charge in [-0.3, -0.25) is 4.74 Å². The molecule has 74 valence electrons. The average molecular weight is 186 g/mol. The smallest absolute Gasteiger partial charge is 0.310 e. The van der Waals surface area contributed by atoms with Crippen molar-refractivity contribution in [3.8, 4) is 0 Å². The molecule has 5 heteroatoms. The van der Waals surface area contributed by atoms with Gasteiger partial charge in [0.25, 0.3) is 0 Å². The molecular weight excluding hydrogens is 172 g/mol. The lowest BCUT2D eigenvalue weighted by molar-refractivity contribution is -0.372. The van der Waals surface area contributed by atoms with Gasteiger partial charge >= 0.3 is 6.10 Å². The molecular formula is C8H14N2O3. The first-order chi connectivity index (χ1) is 6.04. The van der Waals surface area contributed by atoms with Crippen molar-refractivity contribution in [1.29, 1.82) is 0 Å². The number of azo groups is 1. The van der Waals surface area contributed by atoms with Crippen molar-refractivity contribution in [2.75, 3.05) is 13.7 Å². The van der Waals surface area contributed by atoms with Gasteiger partial charge in [-0.15, -0.1) is 6.58 Å². The predicted octanol–water partition coefficient (Wildman–Crippen LogP) is 1.67. The Kier molecular flexibility index (Phi) is 2.80. The zero-order valence-corrected chi connectivity index (χ0v) is 8.11. The summed E-state index contributed by atoms with van der Waals surface area (Å²) in [5.74, 6) is 0. The third kappa shape index (κ3) is 2.33. The van der Waals surface area contributed by atoms with E-state index in [0.717, 1.165) is 0 Å². The number of methoxy groups -OCH3 is 1. The Labute approximate surface area is 77.4 Å². The Balaban J connectivity index is 2.64. The van der Waals surface area contributed by atoms with Crippen molar-refractivity contribution in [3.05, 3.63) is 12.7 Å². The van der Waals surface area contributed by atoms with E-state index in [1.54, 1.807) is 19.9 Å². The molecule has 0 aromatic heterocycles. The summed E-state index contributed by atoms with van der Waals surface area (Å²) in [6.07, 6.45) is 0.197. The minimum absolute atomic E-state index is 0.295. The van der Waals surface area contributed by atoms with Crippen molar-refractivity contribution < 1.29 is 14.2 Å². The summed E-state index contributed by atoms with van der Waals surface area (Å²) >= 11 is 0. The standard InChI is InChI=1S/C8H14N2O3/c1-5-6-12-8(11-4)10-9-7(2,3)13-8/h5H,1,6H2,2-4H3. The lowest BCUT2D eigenvalue weighted by atomic mass is 10.3. The van der Waals surface area contributed by atoms with Crippen molar-refractivity contribution in [2.45, 2.75) is 25.7 Å².